The van der Waals surface area contributed by atoms with Crippen molar-refractivity contribution in [1.82, 2.24) is 5.32 Å². The van der Waals surface area contributed by atoms with Gasteiger partial charge in [0.2, 0.25) is 0 Å². The molecule has 1 amide bonds. The number of anilines is 1. The van der Waals surface area contributed by atoms with Crippen LogP contribution in [-0.4, -0.2) is 19.5 Å². The van der Waals surface area contributed by atoms with E-state index in [1.54, 1.807) is 13.1 Å². The van der Waals surface area contributed by atoms with E-state index in [-0.39, 0.29) is 5.91 Å². The molecule has 1 aliphatic carbocycles. The van der Waals surface area contributed by atoms with E-state index < -0.39 is 0 Å². The molecule has 0 heterocycles. The highest BCUT2D eigenvalue weighted by atomic mass is 35.5. The zero-order chi connectivity index (χ0) is 14.4. The van der Waals surface area contributed by atoms with E-state index in [0.717, 1.165) is 18.2 Å². The molecule has 2 rings (SSSR count). The third-order valence-electron chi connectivity index (χ3n) is 4.04. The second-order valence-electron chi connectivity index (χ2n) is 5.49. The second kappa shape index (κ2) is 7.53. The zero-order valence-electron chi connectivity index (χ0n) is 12.0. The van der Waals surface area contributed by atoms with Crippen molar-refractivity contribution in [3.8, 4) is 0 Å². The maximum Gasteiger partial charge on any atom is 0.252 e. The molecule has 1 saturated carbocycles. The summed E-state index contributed by atoms with van der Waals surface area (Å²) in [5.74, 6) is 0.716. The van der Waals surface area contributed by atoms with E-state index in [9.17, 15) is 4.79 Å². The van der Waals surface area contributed by atoms with Crippen LogP contribution in [0.25, 0.3) is 0 Å². The lowest BCUT2D eigenvalue weighted by Crippen LogP contribution is -2.18. The normalized spacial score (nSPS) is 15.9. The molecule has 1 aromatic carbocycles. The number of nitrogens with one attached hydrogen (secondary N) is 2. The molecule has 0 unspecified atom stereocenters. The van der Waals surface area contributed by atoms with Crippen LogP contribution in [0.3, 0.4) is 0 Å². The molecule has 0 aromatic heterocycles. The Morgan fingerprint density at radius 3 is 2.75 bits per heavy atom. The predicted molar refractivity (Wildman–Crippen MR) is 84.5 cm³/mol. The Labute approximate surface area is 126 Å². The molecule has 110 valence electrons. The van der Waals surface area contributed by atoms with Crippen molar-refractivity contribution >= 4 is 23.2 Å². The summed E-state index contributed by atoms with van der Waals surface area (Å²) in [7, 11) is 1.61. The van der Waals surface area contributed by atoms with Crippen molar-refractivity contribution in [3.05, 3.63) is 28.8 Å². The van der Waals surface area contributed by atoms with Crippen molar-refractivity contribution in [3.63, 3.8) is 0 Å². The number of hydrogen-bond acceptors (Lipinski definition) is 2. The monoisotopic (exact) mass is 294 g/mol. The number of carbonyl (C=O) groups excluding carboxylic acids is 1. The first kappa shape index (κ1) is 15.2. The van der Waals surface area contributed by atoms with E-state index in [0.29, 0.717) is 10.6 Å². The summed E-state index contributed by atoms with van der Waals surface area (Å²) in [6.45, 7) is 0.958. The van der Waals surface area contributed by atoms with Crippen LogP contribution >= 0.6 is 11.6 Å². The van der Waals surface area contributed by atoms with E-state index >= 15 is 0 Å². The van der Waals surface area contributed by atoms with Crippen LogP contribution in [-0.2, 0) is 0 Å². The molecule has 1 fully saturated rings. The van der Waals surface area contributed by atoms with Gasteiger partial charge in [-0.3, -0.25) is 4.79 Å². The van der Waals surface area contributed by atoms with Crippen LogP contribution in [0.1, 0.15) is 48.9 Å². The Kier molecular flexibility index (Phi) is 5.72. The Morgan fingerprint density at radius 2 is 2.05 bits per heavy atom. The summed E-state index contributed by atoms with van der Waals surface area (Å²) in [5.41, 5.74) is 1.49. The van der Waals surface area contributed by atoms with Crippen LogP contribution in [0.4, 0.5) is 5.69 Å². The quantitative estimate of drug-likeness (QED) is 0.859. The summed E-state index contributed by atoms with van der Waals surface area (Å²) >= 11 is 6.04. The number of hydrogen-bond donors (Lipinski definition) is 2. The lowest BCUT2D eigenvalue weighted by Gasteiger charge is -2.21. The first-order chi connectivity index (χ1) is 9.70. The van der Waals surface area contributed by atoms with Gasteiger partial charge in [0.05, 0.1) is 10.6 Å². The Hall–Kier alpha value is -1.22. The number of halogens is 1. The summed E-state index contributed by atoms with van der Waals surface area (Å²) < 4.78 is 0. The SMILES string of the molecule is CNC(=O)c1cc(NCCC2CCCCC2)ccc1Cl. The summed E-state index contributed by atoms with van der Waals surface area (Å²) in [4.78, 5) is 11.7. The highest BCUT2D eigenvalue weighted by molar-refractivity contribution is 6.34. The van der Waals surface area contributed by atoms with Gasteiger partial charge in [-0.05, 0) is 30.5 Å². The lowest BCUT2D eigenvalue weighted by molar-refractivity contribution is 0.0963. The average molecular weight is 295 g/mol. The number of carbonyl (C=O) groups is 1. The highest BCUT2D eigenvalue weighted by Crippen LogP contribution is 2.26. The molecule has 0 aliphatic heterocycles. The van der Waals surface area contributed by atoms with Gasteiger partial charge in [-0.1, -0.05) is 43.7 Å². The molecule has 4 heteroatoms. The van der Waals surface area contributed by atoms with Gasteiger partial charge >= 0.3 is 0 Å². The number of rotatable bonds is 5. The third kappa shape index (κ3) is 4.14. The molecule has 0 radical (unpaired) electrons. The first-order valence-electron chi connectivity index (χ1n) is 7.46. The Morgan fingerprint density at radius 1 is 1.30 bits per heavy atom. The van der Waals surface area contributed by atoms with E-state index in [1.165, 1.54) is 38.5 Å². The van der Waals surface area contributed by atoms with Gasteiger partial charge < -0.3 is 10.6 Å². The van der Waals surface area contributed by atoms with Crippen LogP contribution in [0, 0.1) is 5.92 Å². The maximum atomic E-state index is 11.7. The van der Waals surface area contributed by atoms with E-state index in [4.69, 9.17) is 11.6 Å². The zero-order valence-corrected chi connectivity index (χ0v) is 12.8. The van der Waals surface area contributed by atoms with E-state index in [1.807, 2.05) is 12.1 Å². The van der Waals surface area contributed by atoms with Gasteiger partial charge in [-0.25, -0.2) is 0 Å². The van der Waals surface area contributed by atoms with Crippen molar-refractivity contribution < 1.29 is 4.79 Å². The molecule has 0 saturated heterocycles. The van der Waals surface area contributed by atoms with Crippen LogP contribution in [0.5, 0.6) is 0 Å². The Balaban J connectivity index is 1.87. The molecular formula is C16H23ClN2O. The van der Waals surface area contributed by atoms with E-state index in [2.05, 4.69) is 10.6 Å². The molecule has 2 N–H and O–H groups in total. The fraction of sp³-hybridized carbons (Fsp3) is 0.562. The van der Waals surface area contributed by atoms with Crippen molar-refractivity contribution in [1.29, 1.82) is 0 Å². The fourth-order valence-electron chi connectivity index (χ4n) is 2.84. The van der Waals surface area contributed by atoms with Crippen molar-refractivity contribution in [2.45, 2.75) is 38.5 Å². The number of benzene rings is 1. The summed E-state index contributed by atoms with van der Waals surface area (Å²) in [6.07, 6.45) is 8.10. The Bertz CT molecular complexity index is 456. The van der Waals surface area contributed by atoms with Gasteiger partial charge in [-0.2, -0.15) is 0 Å². The summed E-state index contributed by atoms with van der Waals surface area (Å²) in [6, 6.07) is 5.52. The fourth-order valence-corrected chi connectivity index (χ4v) is 3.04. The van der Waals surface area contributed by atoms with Crippen LogP contribution in [0.2, 0.25) is 5.02 Å². The molecule has 0 spiro atoms. The van der Waals surface area contributed by atoms with Crippen LogP contribution in [0.15, 0.2) is 18.2 Å². The molecule has 3 nitrogen and oxygen atoms in total. The second-order valence-corrected chi connectivity index (χ2v) is 5.90. The first-order valence-corrected chi connectivity index (χ1v) is 7.84. The molecule has 20 heavy (non-hydrogen) atoms. The molecule has 1 aromatic rings. The largest absolute Gasteiger partial charge is 0.385 e. The molecule has 0 atom stereocenters. The van der Waals surface area contributed by atoms with Crippen LogP contribution < -0.4 is 10.6 Å². The number of amides is 1. The minimum atomic E-state index is -0.147. The topological polar surface area (TPSA) is 41.1 Å². The van der Waals surface area contributed by atoms with Gasteiger partial charge in [-0.15, -0.1) is 0 Å². The molecular weight excluding hydrogens is 272 g/mol. The van der Waals surface area contributed by atoms with Gasteiger partial charge in [0.15, 0.2) is 0 Å². The highest BCUT2D eigenvalue weighted by Gasteiger charge is 2.13. The van der Waals surface area contributed by atoms with Crippen molar-refractivity contribution in [2.24, 2.45) is 5.92 Å². The lowest BCUT2D eigenvalue weighted by atomic mass is 9.87. The predicted octanol–water partition coefficient (Wildman–Crippen LogP) is 4.08. The average Bonchev–Trinajstić information content (AvgIpc) is 2.49. The maximum absolute atomic E-state index is 11.7. The van der Waals surface area contributed by atoms with Gasteiger partial charge in [0.25, 0.3) is 5.91 Å². The smallest absolute Gasteiger partial charge is 0.252 e. The van der Waals surface area contributed by atoms with Crippen molar-refractivity contribution in [2.75, 3.05) is 18.9 Å². The van der Waals surface area contributed by atoms with Gasteiger partial charge in [0, 0.05) is 19.3 Å². The molecule has 1 aliphatic rings. The standard InChI is InChI=1S/C16H23ClN2O/c1-18-16(20)14-11-13(7-8-15(14)17)19-10-9-12-5-3-2-4-6-12/h7-8,11-12,19H,2-6,9-10H2,1H3,(H,18,20). The van der Waals surface area contributed by atoms with Gasteiger partial charge in [0.1, 0.15) is 0 Å². The minimum absolute atomic E-state index is 0.147. The third-order valence-corrected chi connectivity index (χ3v) is 4.37. The summed E-state index contributed by atoms with van der Waals surface area (Å²) in [5, 5.41) is 6.49. The minimum Gasteiger partial charge on any atom is -0.385 e. The molecule has 0 bridgehead atoms.